The third-order valence-corrected chi connectivity index (χ3v) is 2.97. The zero-order valence-corrected chi connectivity index (χ0v) is 10.7. The van der Waals surface area contributed by atoms with Crippen LogP contribution >= 0.6 is 0 Å². The van der Waals surface area contributed by atoms with Crippen LogP contribution in [0.5, 0.6) is 0 Å². The maximum absolute atomic E-state index is 13.5. The molecule has 0 aliphatic heterocycles. The van der Waals surface area contributed by atoms with E-state index >= 15 is 0 Å². The van der Waals surface area contributed by atoms with Crippen molar-refractivity contribution in [2.45, 2.75) is 33.2 Å². The van der Waals surface area contributed by atoms with E-state index in [1.54, 1.807) is 6.07 Å². The molecule has 0 aliphatic carbocycles. The Hall–Kier alpha value is -1.35. The number of furan rings is 1. The van der Waals surface area contributed by atoms with Gasteiger partial charge in [-0.05, 0) is 37.6 Å². The normalized spacial score (nSPS) is 11.6. The third-order valence-electron chi connectivity index (χ3n) is 2.97. The van der Waals surface area contributed by atoms with Crippen molar-refractivity contribution in [3.05, 3.63) is 34.8 Å². The van der Waals surface area contributed by atoms with E-state index in [0.717, 1.165) is 27.9 Å². The minimum Gasteiger partial charge on any atom is -0.459 e. The largest absolute Gasteiger partial charge is 0.459 e. The second kappa shape index (κ2) is 4.49. The van der Waals surface area contributed by atoms with E-state index in [2.05, 4.69) is 19.2 Å². The molecule has 0 unspecified atom stereocenters. The molecule has 0 saturated carbocycles. The first-order valence-corrected chi connectivity index (χ1v) is 5.90. The molecule has 1 N–H and O–H groups in total. The molecule has 2 aromatic rings. The van der Waals surface area contributed by atoms with Crippen LogP contribution in [0.3, 0.4) is 0 Å². The number of benzene rings is 1. The summed E-state index contributed by atoms with van der Waals surface area (Å²) in [4.78, 5) is 0. The Kier molecular flexibility index (Phi) is 3.20. The minimum absolute atomic E-state index is 0.200. The fraction of sp³-hybridized carbons (Fsp3) is 0.429. The van der Waals surface area contributed by atoms with Crippen LogP contribution < -0.4 is 5.32 Å². The first kappa shape index (κ1) is 12.1. The fourth-order valence-corrected chi connectivity index (χ4v) is 2.32. The van der Waals surface area contributed by atoms with Crippen LogP contribution in [0.4, 0.5) is 4.39 Å². The van der Waals surface area contributed by atoms with Gasteiger partial charge in [-0.1, -0.05) is 13.8 Å². The van der Waals surface area contributed by atoms with Gasteiger partial charge in [0.15, 0.2) is 0 Å². The lowest BCUT2D eigenvalue weighted by molar-refractivity contribution is 0.518. The maximum Gasteiger partial charge on any atom is 0.137 e. The average Bonchev–Trinajstić information content (AvgIpc) is 2.57. The quantitative estimate of drug-likeness (QED) is 0.877. The number of fused-ring (bicyclic) bond motifs is 1. The highest BCUT2D eigenvalue weighted by molar-refractivity contribution is 5.85. The van der Waals surface area contributed by atoms with Crippen LogP contribution in [0.2, 0.25) is 0 Å². The van der Waals surface area contributed by atoms with Crippen LogP contribution in [0, 0.1) is 12.7 Å². The van der Waals surface area contributed by atoms with Crippen molar-refractivity contribution < 1.29 is 8.81 Å². The van der Waals surface area contributed by atoms with Gasteiger partial charge in [0.05, 0.1) is 6.54 Å². The van der Waals surface area contributed by atoms with E-state index in [4.69, 9.17) is 4.42 Å². The number of halogens is 1. The highest BCUT2D eigenvalue weighted by Crippen LogP contribution is 2.34. The van der Waals surface area contributed by atoms with Gasteiger partial charge in [0.1, 0.15) is 17.2 Å². The molecular weight excluding hydrogens is 217 g/mol. The van der Waals surface area contributed by atoms with Crippen LogP contribution in [0.15, 0.2) is 16.5 Å². The molecule has 0 saturated heterocycles. The van der Waals surface area contributed by atoms with Gasteiger partial charge in [0, 0.05) is 10.9 Å². The lowest BCUT2D eigenvalue weighted by Gasteiger charge is -2.05. The second-order valence-corrected chi connectivity index (χ2v) is 4.72. The van der Waals surface area contributed by atoms with Crippen LogP contribution in [-0.4, -0.2) is 7.05 Å². The summed E-state index contributed by atoms with van der Waals surface area (Å²) in [5, 5.41) is 3.99. The summed E-state index contributed by atoms with van der Waals surface area (Å²) in [7, 11) is 1.88. The summed E-state index contributed by atoms with van der Waals surface area (Å²) in [5.41, 5.74) is 2.77. The van der Waals surface area contributed by atoms with Crippen LogP contribution in [0.25, 0.3) is 11.0 Å². The Morgan fingerprint density at radius 3 is 2.65 bits per heavy atom. The number of aryl methyl sites for hydroxylation is 1. The molecule has 0 radical (unpaired) electrons. The molecule has 1 heterocycles. The molecule has 1 aromatic heterocycles. The average molecular weight is 235 g/mol. The first-order valence-electron chi connectivity index (χ1n) is 5.90. The first-order chi connectivity index (χ1) is 8.04. The maximum atomic E-state index is 13.5. The van der Waals surface area contributed by atoms with Gasteiger partial charge in [0.25, 0.3) is 0 Å². The Morgan fingerprint density at radius 2 is 2.06 bits per heavy atom. The summed E-state index contributed by atoms with van der Waals surface area (Å²) in [6, 6.07) is 3.08. The molecule has 1 aromatic carbocycles. The standard InChI is InChI=1S/C14H18FNO/c1-8(2)13-11-6-10(15)5-9(3)14(11)17-12(13)7-16-4/h5-6,8,16H,7H2,1-4H3. The summed E-state index contributed by atoms with van der Waals surface area (Å²) in [5.74, 6) is 1.03. The van der Waals surface area contributed by atoms with E-state index in [-0.39, 0.29) is 5.82 Å². The summed E-state index contributed by atoms with van der Waals surface area (Å²) in [6.45, 7) is 6.75. The van der Waals surface area contributed by atoms with Crippen molar-refractivity contribution in [1.29, 1.82) is 0 Å². The molecule has 0 amide bonds. The molecule has 0 fully saturated rings. The molecule has 2 rings (SSSR count). The highest BCUT2D eigenvalue weighted by Gasteiger charge is 2.18. The van der Waals surface area contributed by atoms with E-state index in [1.165, 1.54) is 6.07 Å². The van der Waals surface area contributed by atoms with E-state index < -0.39 is 0 Å². The molecule has 0 aliphatic rings. The lowest BCUT2D eigenvalue weighted by atomic mass is 9.98. The van der Waals surface area contributed by atoms with Crippen molar-refractivity contribution in [2.24, 2.45) is 0 Å². The Labute approximate surface area is 101 Å². The van der Waals surface area contributed by atoms with E-state index in [9.17, 15) is 4.39 Å². The fourth-order valence-electron chi connectivity index (χ4n) is 2.32. The Balaban J connectivity index is 2.75. The monoisotopic (exact) mass is 235 g/mol. The predicted octanol–water partition coefficient (Wildman–Crippen LogP) is 3.72. The molecule has 3 heteroatoms. The lowest BCUT2D eigenvalue weighted by Crippen LogP contribution is -2.06. The predicted molar refractivity (Wildman–Crippen MR) is 67.8 cm³/mol. The molecule has 2 nitrogen and oxygen atoms in total. The van der Waals surface area contributed by atoms with Crippen LogP contribution in [0.1, 0.15) is 36.7 Å². The van der Waals surface area contributed by atoms with Gasteiger partial charge >= 0.3 is 0 Å². The van der Waals surface area contributed by atoms with E-state index in [1.807, 2.05) is 14.0 Å². The number of hydrogen-bond donors (Lipinski definition) is 1. The molecule has 17 heavy (non-hydrogen) atoms. The van der Waals surface area contributed by atoms with E-state index in [0.29, 0.717) is 12.5 Å². The summed E-state index contributed by atoms with van der Waals surface area (Å²) < 4.78 is 19.3. The topological polar surface area (TPSA) is 25.2 Å². The second-order valence-electron chi connectivity index (χ2n) is 4.72. The van der Waals surface area contributed by atoms with Gasteiger partial charge in [-0.3, -0.25) is 0 Å². The number of rotatable bonds is 3. The molecule has 0 bridgehead atoms. The van der Waals surface area contributed by atoms with Crippen molar-refractivity contribution in [3.63, 3.8) is 0 Å². The summed E-state index contributed by atoms with van der Waals surface area (Å²) in [6.07, 6.45) is 0. The molecule has 0 spiro atoms. The molecule has 92 valence electrons. The SMILES string of the molecule is CNCc1oc2c(C)cc(F)cc2c1C(C)C. The molecular formula is C14H18FNO. The van der Waals surface area contributed by atoms with Gasteiger partial charge in [-0.15, -0.1) is 0 Å². The van der Waals surface area contributed by atoms with Crippen molar-refractivity contribution in [1.82, 2.24) is 5.32 Å². The number of nitrogens with one attached hydrogen (secondary N) is 1. The van der Waals surface area contributed by atoms with Gasteiger partial charge in [-0.2, -0.15) is 0 Å². The minimum atomic E-state index is -0.200. The van der Waals surface area contributed by atoms with Gasteiger partial charge < -0.3 is 9.73 Å². The Morgan fingerprint density at radius 1 is 1.35 bits per heavy atom. The van der Waals surface area contributed by atoms with Gasteiger partial charge in [-0.25, -0.2) is 4.39 Å². The number of hydrogen-bond acceptors (Lipinski definition) is 2. The zero-order chi connectivity index (χ0) is 12.6. The van der Waals surface area contributed by atoms with Crippen molar-refractivity contribution in [3.8, 4) is 0 Å². The van der Waals surface area contributed by atoms with Crippen molar-refractivity contribution >= 4 is 11.0 Å². The van der Waals surface area contributed by atoms with Crippen LogP contribution in [-0.2, 0) is 6.54 Å². The van der Waals surface area contributed by atoms with Crippen molar-refractivity contribution in [2.75, 3.05) is 7.05 Å². The third kappa shape index (κ3) is 2.07. The van der Waals surface area contributed by atoms with Gasteiger partial charge in [0.2, 0.25) is 0 Å². The zero-order valence-electron chi connectivity index (χ0n) is 10.7. The Bertz CT molecular complexity index is 543. The summed E-state index contributed by atoms with van der Waals surface area (Å²) >= 11 is 0. The molecule has 0 atom stereocenters. The highest BCUT2D eigenvalue weighted by atomic mass is 19.1. The smallest absolute Gasteiger partial charge is 0.137 e.